The van der Waals surface area contributed by atoms with E-state index in [1.165, 1.54) is 0 Å². The molecule has 64 valence electrons. The van der Waals surface area contributed by atoms with Gasteiger partial charge in [-0.3, -0.25) is 0 Å². The van der Waals surface area contributed by atoms with Gasteiger partial charge in [0.15, 0.2) is 0 Å². The fourth-order valence-corrected chi connectivity index (χ4v) is 0.891. The third kappa shape index (κ3) is 2.54. The van der Waals surface area contributed by atoms with Gasteiger partial charge in [-0.2, -0.15) is 5.26 Å². The lowest BCUT2D eigenvalue weighted by molar-refractivity contribution is 0.818. The Bertz CT molecular complexity index is 289. The number of halogens is 1. The lowest BCUT2D eigenvalue weighted by Gasteiger charge is -2.03. The lowest BCUT2D eigenvalue weighted by Crippen LogP contribution is -2.04. The molecule has 0 aromatic heterocycles. The Kier molecular flexibility index (Phi) is 4.35. The molecule has 0 spiro atoms. The van der Waals surface area contributed by atoms with Crippen LogP contribution in [0.3, 0.4) is 0 Å². The first-order chi connectivity index (χ1) is 5.24. The molecule has 1 rings (SSSR count). The molecule has 1 atom stereocenters. The topological polar surface area (TPSA) is 49.8 Å². The summed E-state index contributed by atoms with van der Waals surface area (Å²) in [5.74, 6) is 0. The molecule has 0 heterocycles. The average Bonchev–Trinajstić information content (AvgIpc) is 2.05. The molecule has 3 heteroatoms. The van der Waals surface area contributed by atoms with Gasteiger partial charge in [0.2, 0.25) is 0 Å². The average molecular weight is 183 g/mol. The highest BCUT2D eigenvalue weighted by molar-refractivity contribution is 5.85. The molecule has 2 nitrogen and oxygen atoms in total. The fraction of sp³-hybridized carbons (Fsp3) is 0.222. The number of hydrogen-bond acceptors (Lipinski definition) is 2. The first-order valence-corrected chi connectivity index (χ1v) is 3.49. The fourth-order valence-electron chi connectivity index (χ4n) is 0.891. The van der Waals surface area contributed by atoms with Crippen LogP contribution in [0.25, 0.3) is 0 Å². The van der Waals surface area contributed by atoms with Crippen molar-refractivity contribution in [3.63, 3.8) is 0 Å². The van der Waals surface area contributed by atoms with E-state index < -0.39 is 0 Å². The van der Waals surface area contributed by atoms with E-state index in [0.717, 1.165) is 5.56 Å². The standard InChI is InChI=1S/C9H10N2.ClH/c1-7(11)9-4-2-3-8(5-9)6-10;/h2-5,7H,11H2,1H3;1H. The maximum atomic E-state index is 8.55. The highest BCUT2D eigenvalue weighted by atomic mass is 35.5. The molecular weight excluding hydrogens is 172 g/mol. The first-order valence-electron chi connectivity index (χ1n) is 3.49. The Hall–Kier alpha value is -1.04. The molecule has 0 saturated carbocycles. The molecule has 1 aromatic rings. The molecule has 0 saturated heterocycles. The number of benzene rings is 1. The second kappa shape index (κ2) is 4.76. The molecule has 0 radical (unpaired) electrons. The molecule has 12 heavy (non-hydrogen) atoms. The summed E-state index contributed by atoms with van der Waals surface area (Å²) >= 11 is 0. The number of nitrogens with zero attached hydrogens (tertiary/aromatic N) is 1. The van der Waals surface area contributed by atoms with Crippen LogP contribution in [0.15, 0.2) is 24.3 Å². The Balaban J connectivity index is 0.00000121. The van der Waals surface area contributed by atoms with E-state index in [0.29, 0.717) is 5.56 Å². The SMILES string of the molecule is CC(N)c1cccc(C#N)c1.Cl. The van der Waals surface area contributed by atoms with E-state index in [-0.39, 0.29) is 18.4 Å². The van der Waals surface area contributed by atoms with Gasteiger partial charge in [-0.1, -0.05) is 12.1 Å². The second-order valence-electron chi connectivity index (χ2n) is 2.53. The van der Waals surface area contributed by atoms with Crippen molar-refractivity contribution in [2.75, 3.05) is 0 Å². The van der Waals surface area contributed by atoms with E-state index in [1.807, 2.05) is 25.1 Å². The minimum Gasteiger partial charge on any atom is -0.324 e. The molecule has 1 aromatic carbocycles. The molecule has 0 bridgehead atoms. The summed E-state index contributed by atoms with van der Waals surface area (Å²) in [5.41, 5.74) is 7.30. The molecule has 0 aliphatic carbocycles. The van der Waals surface area contributed by atoms with Gasteiger partial charge >= 0.3 is 0 Å². The minimum atomic E-state index is 0. The third-order valence-corrected chi connectivity index (χ3v) is 1.54. The van der Waals surface area contributed by atoms with Gasteiger partial charge in [-0.15, -0.1) is 12.4 Å². The van der Waals surface area contributed by atoms with E-state index in [1.54, 1.807) is 6.07 Å². The van der Waals surface area contributed by atoms with Gasteiger partial charge in [-0.05, 0) is 24.6 Å². The zero-order valence-electron chi connectivity index (χ0n) is 6.82. The van der Waals surface area contributed by atoms with E-state index in [2.05, 4.69) is 6.07 Å². The number of rotatable bonds is 1. The van der Waals surface area contributed by atoms with Crippen molar-refractivity contribution in [1.29, 1.82) is 5.26 Å². The molecule has 0 aliphatic heterocycles. The molecule has 2 N–H and O–H groups in total. The molecular formula is C9H11ClN2. The second-order valence-corrected chi connectivity index (χ2v) is 2.53. The van der Waals surface area contributed by atoms with Gasteiger partial charge < -0.3 is 5.73 Å². The summed E-state index contributed by atoms with van der Waals surface area (Å²) < 4.78 is 0. The summed E-state index contributed by atoms with van der Waals surface area (Å²) in [4.78, 5) is 0. The van der Waals surface area contributed by atoms with Crippen LogP contribution in [-0.4, -0.2) is 0 Å². The quantitative estimate of drug-likeness (QED) is 0.722. The molecule has 0 amide bonds. The number of nitriles is 1. The zero-order valence-corrected chi connectivity index (χ0v) is 7.64. The van der Waals surface area contributed by atoms with Crippen LogP contribution < -0.4 is 5.73 Å². The normalized spacial score (nSPS) is 11.1. The third-order valence-electron chi connectivity index (χ3n) is 1.54. The van der Waals surface area contributed by atoms with Crippen molar-refractivity contribution < 1.29 is 0 Å². The summed E-state index contributed by atoms with van der Waals surface area (Å²) in [6.45, 7) is 1.90. The van der Waals surface area contributed by atoms with Crippen molar-refractivity contribution in [3.8, 4) is 6.07 Å². The Morgan fingerprint density at radius 3 is 2.67 bits per heavy atom. The first kappa shape index (κ1) is 11.0. The highest BCUT2D eigenvalue weighted by Crippen LogP contribution is 2.10. The summed E-state index contributed by atoms with van der Waals surface area (Å²) in [6, 6.07) is 9.42. The van der Waals surface area contributed by atoms with Crippen molar-refractivity contribution in [1.82, 2.24) is 0 Å². The van der Waals surface area contributed by atoms with Crippen molar-refractivity contribution in [2.45, 2.75) is 13.0 Å². The lowest BCUT2D eigenvalue weighted by atomic mass is 10.1. The number of nitrogens with two attached hydrogens (primary N) is 1. The van der Waals surface area contributed by atoms with Gasteiger partial charge in [0, 0.05) is 6.04 Å². The van der Waals surface area contributed by atoms with Crippen molar-refractivity contribution >= 4 is 12.4 Å². The molecule has 0 fully saturated rings. The van der Waals surface area contributed by atoms with Crippen molar-refractivity contribution in [3.05, 3.63) is 35.4 Å². The number of hydrogen-bond donors (Lipinski definition) is 1. The van der Waals surface area contributed by atoms with E-state index in [9.17, 15) is 0 Å². The Morgan fingerprint density at radius 2 is 2.17 bits per heavy atom. The van der Waals surface area contributed by atoms with Crippen LogP contribution in [0.4, 0.5) is 0 Å². The highest BCUT2D eigenvalue weighted by Gasteiger charge is 1.98. The summed E-state index contributed by atoms with van der Waals surface area (Å²) in [6.07, 6.45) is 0. The zero-order chi connectivity index (χ0) is 8.27. The largest absolute Gasteiger partial charge is 0.324 e. The van der Waals surface area contributed by atoms with Crippen LogP contribution in [0.1, 0.15) is 24.1 Å². The van der Waals surface area contributed by atoms with Gasteiger partial charge in [0.05, 0.1) is 11.6 Å². The molecule has 1 unspecified atom stereocenters. The predicted octanol–water partition coefficient (Wildman–Crippen LogP) is 2.00. The Morgan fingerprint density at radius 1 is 1.50 bits per heavy atom. The van der Waals surface area contributed by atoms with Crippen LogP contribution in [0.2, 0.25) is 0 Å². The minimum absolute atomic E-state index is 0. The predicted molar refractivity (Wildman–Crippen MR) is 51.0 cm³/mol. The van der Waals surface area contributed by atoms with Gasteiger partial charge in [-0.25, -0.2) is 0 Å². The van der Waals surface area contributed by atoms with Crippen LogP contribution in [0.5, 0.6) is 0 Å². The van der Waals surface area contributed by atoms with Gasteiger partial charge in [0.25, 0.3) is 0 Å². The maximum Gasteiger partial charge on any atom is 0.0991 e. The monoisotopic (exact) mass is 182 g/mol. The molecule has 0 aliphatic rings. The van der Waals surface area contributed by atoms with Crippen molar-refractivity contribution in [2.24, 2.45) is 5.73 Å². The van der Waals surface area contributed by atoms with Gasteiger partial charge in [0.1, 0.15) is 0 Å². The summed E-state index contributed by atoms with van der Waals surface area (Å²) in [5, 5.41) is 8.55. The smallest absolute Gasteiger partial charge is 0.0991 e. The maximum absolute atomic E-state index is 8.55. The van der Waals surface area contributed by atoms with Crippen LogP contribution in [-0.2, 0) is 0 Å². The Labute approximate surface area is 78.4 Å². The van der Waals surface area contributed by atoms with E-state index >= 15 is 0 Å². The van der Waals surface area contributed by atoms with Crippen LogP contribution >= 0.6 is 12.4 Å². The summed E-state index contributed by atoms with van der Waals surface area (Å²) in [7, 11) is 0. The van der Waals surface area contributed by atoms with Crippen LogP contribution in [0, 0.1) is 11.3 Å². The van der Waals surface area contributed by atoms with E-state index in [4.69, 9.17) is 11.0 Å².